The minimum atomic E-state index is -0.468. The summed E-state index contributed by atoms with van der Waals surface area (Å²) in [6.07, 6.45) is 6.07. The van der Waals surface area contributed by atoms with Crippen molar-refractivity contribution in [3.8, 4) is 0 Å². The Kier molecular flexibility index (Phi) is 5.53. The highest BCUT2D eigenvalue weighted by Crippen LogP contribution is 2.05. The quantitative estimate of drug-likeness (QED) is 0.732. The molecule has 1 unspecified atom stereocenters. The van der Waals surface area contributed by atoms with Gasteiger partial charge in [-0.2, -0.15) is 0 Å². The maximum atomic E-state index is 11.7. The van der Waals surface area contributed by atoms with Crippen LogP contribution in [-0.4, -0.2) is 23.0 Å². The normalized spacial score (nSPS) is 11.5. The Morgan fingerprint density at radius 2 is 2.14 bits per heavy atom. The number of aryl methyl sites for hydroxylation is 1. The molecule has 7 heteroatoms. The lowest BCUT2D eigenvalue weighted by molar-refractivity contribution is 0.0935. The van der Waals surface area contributed by atoms with Crippen molar-refractivity contribution >= 4 is 11.9 Å². The first-order valence-electron chi connectivity index (χ1n) is 6.94. The first-order valence-corrected chi connectivity index (χ1v) is 6.94. The largest absolute Gasteiger partial charge is 0.469 e. The Morgan fingerprint density at radius 1 is 1.27 bits per heavy atom. The number of carbonyl (C=O) groups excluding carboxylic acids is 2. The van der Waals surface area contributed by atoms with Gasteiger partial charge in [0.05, 0.1) is 11.8 Å². The predicted molar refractivity (Wildman–Crippen MR) is 79.9 cm³/mol. The highest BCUT2D eigenvalue weighted by Gasteiger charge is 2.10. The van der Waals surface area contributed by atoms with Gasteiger partial charge in [-0.3, -0.25) is 15.2 Å². The van der Waals surface area contributed by atoms with Gasteiger partial charge in [-0.1, -0.05) is 0 Å². The van der Waals surface area contributed by atoms with Gasteiger partial charge >= 0.3 is 6.03 Å². The molecule has 1 atom stereocenters. The number of urea groups is 1. The molecule has 0 spiro atoms. The van der Waals surface area contributed by atoms with Crippen molar-refractivity contribution in [2.75, 3.05) is 0 Å². The zero-order chi connectivity index (χ0) is 15.8. The lowest BCUT2D eigenvalue weighted by atomic mass is 10.1. The molecule has 0 aromatic carbocycles. The van der Waals surface area contributed by atoms with E-state index in [1.54, 1.807) is 24.6 Å². The number of hydrogen-bond acceptors (Lipinski definition) is 4. The zero-order valence-electron chi connectivity index (χ0n) is 12.2. The fraction of sp³-hybridized carbons (Fsp3) is 0.267. The van der Waals surface area contributed by atoms with E-state index < -0.39 is 11.9 Å². The van der Waals surface area contributed by atoms with Crippen LogP contribution in [0.1, 0.15) is 29.5 Å². The van der Waals surface area contributed by atoms with Gasteiger partial charge in [-0.25, -0.2) is 10.2 Å². The minimum absolute atomic E-state index is 0.0552. The van der Waals surface area contributed by atoms with E-state index in [-0.39, 0.29) is 6.04 Å². The number of hydrazine groups is 1. The number of aromatic nitrogens is 1. The van der Waals surface area contributed by atoms with Crippen LogP contribution < -0.4 is 16.2 Å². The fourth-order valence-corrected chi connectivity index (χ4v) is 1.83. The molecule has 7 nitrogen and oxygen atoms in total. The summed E-state index contributed by atoms with van der Waals surface area (Å²) in [6.45, 7) is 1.88. The summed E-state index contributed by atoms with van der Waals surface area (Å²) >= 11 is 0. The lowest BCUT2D eigenvalue weighted by Gasteiger charge is -2.14. The van der Waals surface area contributed by atoms with Crippen molar-refractivity contribution in [3.63, 3.8) is 0 Å². The van der Waals surface area contributed by atoms with Crippen molar-refractivity contribution in [2.24, 2.45) is 0 Å². The van der Waals surface area contributed by atoms with Gasteiger partial charge in [0.1, 0.15) is 5.76 Å². The maximum Gasteiger partial charge on any atom is 0.333 e. The standard InChI is InChI=1S/C15H18N4O3/c1-11(6-7-13-5-3-9-22-13)17-15(21)19-18-14(20)12-4-2-8-16-10-12/h2-5,8-11H,6-7H2,1H3,(H,18,20)(H2,17,19,21). The van der Waals surface area contributed by atoms with E-state index in [2.05, 4.69) is 21.2 Å². The van der Waals surface area contributed by atoms with Gasteiger partial charge < -0.3 is 9.73 Å². The third kappa shape index (κ3) is 4.93. The highest BCUT2D eigenvalue weighted by atomic mass is 16.3. The van der Waals surface area contributed by atoms with Crippen molar-refractivity contribution in [1.82, 2.24) is 21.2 Å². The summed E-state index contributed by atoms with van der Waals surface area (Å²) in [4.78, 5) is 27.2. The van der Waals surface area contributed by atoms with E-state index in [4.69, 9.17) is 4.42 Å². The van der Waals surface area contributed by atoms with Crippen LogP contribution in [0.3, 0.4) is 0 Å². The molecule has 0 aliphatic rings. The number of nitrogens with one attached hydrogen (secondary N) is 3. The minimum Gasteiger partial charge on any atom is -0.469 e. The van der Waals surface area contributed by atoms with Crippen molar-refractivity contribution < 1.29 is 14.0 Å². The van der Waals surface area contributed by atoms with E-state index in [1.165, 1.54) is 6.20 Å². The third-order valence-electron chi connectivity index (χ3n) is 2.99. The Balaban J connectivity index is 1.68. The van der Waals surface area contributed by atoms with Gasteiger partial charge in [0.25, 0.3) is 5.91 Å². The summed E-state index contributed by atoms with van der Waals surface area (Å²) in [5.41, 5.74) is 4.99. The molecule has 0 fully saturated rings. The topological polar surface area (TPSA) is 96.3 Å². The lowest BCUT2D eigenvalue weighted by Crippen LogP contribution is -2.49. The fourth-order valence-electron chi connectivity index (χ4n) is 1.83. The van der Waals surface area contributed by atoms with Crippen LogP contribution in [0.4, 0.5) is 4.79 Å². The van der Waals surface area contributed by atoms with Crippen molar-refractivity contribution in [3.05, 3.63) is 54.2 Å². The average Bonchev–Trinajstić information content (AvgIpc) is 3.05. The average molecular weight is 302 g/mol. The number of hydrogen-bond donors (Lipinski definition) is 3. The molecule has 22 heavy (non-hydrogen) atoms. The van der Waals surface area contributed by atoms with Crippen LogP contribution in [0, 0.1) is 0 Å². The van der Waals surface area contributed by atoms with E-state index >= 15 is 0 Å². The number of carbonyl (C=O) groups is 2. The maximum absolute atomic E-state index is 11.7. The van der Waals surface area contributed by atoms with E-state index in [0.717, 1.165) is 18.6 Å². The second-order valence-corrected chi connectivity index (χ2v) is 4.81. The second-order valence-electron chi connectivity index (χ2n) is 4.81. The second kappa shape index (κ2) is 7.82. The predicted octanol–water partition coefficient (Wildman–Crippen LogP) is 1.64. The van der Waals surface area contributed by atoms with Crippen LogP contribution in [-0.2, 0) is 6.42 Å². The van der Waals surface area contributed by atoms with Crippen LogP contribution in [0.25, 0.3) is 0 Å². The van der Waals surface area contributed by atoms with Crippen LogP contribution in [0.5, 0.6) is 0 Å². The van der Waals surface area contributed by atoms with E-state index in [9.17, 15) is 9.59 Å². The van der Waals surface area contributed by atoms with Crippen LogP contribution in [0.2, 0.25) is 0 Å². The molecule has 3 N–H and O–H groups in total. The summed E-state index contributed by atoms with van der Waals surface area (Å²) in [5.74, 6) is 0.449. The smallest absolute Gasteiger partial charge is 0.333 e. The van der Waals surface area contributed by atoms with Crippen molar-refractivity contribution in [1.29, 1.82) is 0 Å². The van der Waals surface area contributed by atoms with E-state index in [0.29, 0.717) is 5.56 Å². The van der Waals surface area contributed by atoms with Crippen molar-refractivity contribution in [2.45, 2.75) is 25.8 Å². The summed E-state index contributed by atoms with van der Waals surface area (Å²) in [6, 6.07) is 6.44. The summed E-state index contributed by atoms with van der Waals surface area (Å²) in [5, 5.41) is 2.73. The molecule has 0 radical (unpaired) electrons. The first-order chi connectivity index (χ1) is 10.6. The molecular weight excluding hydrogens is 284 g/mol. The van der Waals surface area contributed by atoms with Gasteiger partial charge in [-0.15, -0.1) is 0 Å². The van der Waals surface area contributed by atoms with E-state index in [1.807, 2.05) is 19.1 Å². The van der Waals surface area contributed by atoms with Gasteiger partial charge in [-0.05, 0) is 37.6 Å². The molecule has 0 saturated heterocycles. The molecule has 0 aliphatic carbocycles. The number of nitrogens with zero attached hydrogens (tertiary/aromatic N) is 1. The number of amides is 3. The molecule has 2 aromatic rings. The Bertz CT molecular complexity index is 599. The Morgan fingerprint density at radius 3 is 2.82 bits per heavy atom. The third-order valence-corrected chi connectivity index (χ3v) is 2.99. The highest BCUT2D eigenvalue weighted by molar-refractivity contribution is 5.94. The first kappa shape index (κ1) is 15.6. The number of furan rings is 1. The molecule has 2 rings (SSSR count). The molecule has 2 aromatic heterocycles. The monoisotopic (exact) mass is 302 g/mol. The zero-order valence-corrected chi connectivity index (χ0v) is 12.2. The van der Waals surface area contributed by atoms with Crippen LogP contribution in [0.15, 0.2) is 47.3 Å². The van der Waals surface area contributed by atoms with Crippen LogP contribution >= 0.6 is 0 Å². The molecule has 116 valence electrons. The number of rotatable bonds is 5. The Labute approximate surface area is 128 Å². The summed E-state index contributed by atoms with van der Waals surface area (Å²) in [7, 11) is 0. The number of pyridine rings is 1. The molecule has 0 aliphatic heterocycles. The molecule has 3 amide bonds. The molecule has 2 heterocycles. The molecular formula is C15H18N4O3. The molecule has 0 saturated carbocycles. The van der Waals surface area contributed by atoms with Gasteiger partial charge in [0, 0.05) is 24.9 Å². The molecule has 0 bridgehead atoms. The van der Waals surface area contributed by atoms with Gasteiger partial charge in [0.15, 0.2) is 0 Å². The SMILES string of the molecule is CC(CCc1ccco1)NC(=O)NNC(=O)c1cccnc1. The van der Waals surface area contributed by atoms with Gasteiger partial charge in [0.2, 0.25) is 0 Å². The summed E-state index contributed by atoms with van der Waals surface area (Å²) < 4.78 is 5.23. The Hall–Kier alpha value is -2.83.